The van der Waals surface area contributed by atoms with Gasteiger partial charge in [0.25, 0.3) is 0 Å². The molecule has 2 atom stereocenters. The molecule has 5 nitrogen and oxygen atoms in total. The first kappa shape index (κ1) is 21.8. The number of ether oxygens (including phenoxy) is 1. The molecule has 1 fully saturated rings. The Bertz CT molecular complexity index is 934. The Hall–Kier alpha value is -2.43. The fourth-order valence-electron chi connectivity index (χ4n) is 5.43. The monoisotopic (exact) mass is 423 g/mol. The van der Waals surface area contributed by atoms with Crippen molar-refractivity contribution < 1.29 is 19.4 Å². The number of aliphatic imine (C=N–C) groups is 1. The average molecular weight is 424 g/mol. The Morgan fingerprint density at radius 3 is 2.52 bits per heavy atom. The molecule has 31 heavy (non-hydrogen) atoms. The van der Waals surface area contributed by atoms with Crippen LogP contribution in [0, 0.1) is 11.3 Å². The average Bonchev–Trinajstić information content (AvgIpc) is 2.94. The molecule has 1 heterocycles. The number of nitrogens with zero attached hydrogens (tertiary/aromatic N) is 1. The zero-order valence-electron chi connectivity index (χ0n) is 18.8. The number of hydrogen-bond acceptors (Lipinski definition) is 5. The van der Waals surface area contributed by atoms with Gasteiger partial charge in [0.05, 0.1) is 0 Å². The predicted molar refractivity (Wildman–Crippen MR) is 120 cm³/mol. The largest absolute Gasteiger partial charge is 0.508 e. The van der Waals surface area contributed by atoms with E-state index in [1.54, 1.807) is 18.2 Å². The van der Waals surface area contributed by atoms with Crippen molar-refractivity contribution in [3.05, 3.63) is 41.1 Å². The van der Waals surface area contributed by atoms with Gasteiger partial charge in [0.1, 0.15) is 17.8 Å². The number of hydrogen-bond donors (Lipinski definition) is 1. The van der Waals surface area contributed by atoms with E-state index in [1.165, 1.54) is 12.8 Å². The molecule has 4 rings (SSSR count). The third-order valence-electron chi connectivity index (χ3n) is 6.87. The van der Waals surface area contributed by atoms with Crippen LogP contribution >= 0.6 is 0 Å². The van der Waals surface area contributed by atoms with Gasteiger partial charge in [0, 0.05) is 29.3 Å². The Balaban J connectivity index is 1.73. The van der Waals surface area contributed by atoms with Crippen molar-refractivity contribution >= 4 is 17.5 Å². The summed E-state index contributed by atoms with van der Waals surface area (Å²) in [4.78, 5) is 31.5. The zero-order valence-corrected chi connectivity index (χ0v) is 18.8. The molecule has 1 saturated carbocycles. The molecule has 2 aliphatic carbocycles. The Morgan fingerprint density at radius 1 is 1.13 bits per heavy atom. The van der Waals surface area contributed by atoms with Crippen LogP contribution in [0.1, 0.15) is 83.6 Å². The van der Waals surface area contributed by atoms with Crippen LogP contribution < -0.4 is 0 Å². The molecule has 1 aliphatic heterocycles. The van der Waals surface area contributed by atoms with Crippen molar-refractivity contribution in [1.29, 1.82) is 0 Å². The van der Waals surface area contributed by atoms with Crippen molar-refractivity contribution in [1.82, 2.24) is 0 Å². The van der Waals surface area contributed by atoms with Gasteiger partial charge in [0.15, 0.2) is 5.78 Å². The quantitative estimate of drug-likeness (QED) is 0.516. The number of ketones is 1. The lowest BCUT2D eigenvalue weighted by Gasteiger charge is -2.39. The van der Waals surface area contributed by atoms with E-state index in [0.717, 1.165) is 36.9 Å². The molecule has 1 aromatic carbocycles. The lowest BCUT2D eigenvalue weighted by Crippen LogP contribution is -2.40. The Morgan fingerprint density at radius 2 is 1.84 bits per heavy atom. The maximum atomic E-state index is 13.5. The van der Waals surface area contributed by atoms with Crippen molar-refractivity contribution in [3.63, 3.8) is 0 Å². The van der Waals surface area contributed by atoms with Crippen LogP contribution in [0.4, 0.5) is 0 Å². The van der Waals surface area contributed by atoms with E-state index in [1.807, 2.05) is 13.0 Å². The maximum Gasteiger partial charge on any atom is 0.315 e. The highest BCUT2D eigenvalue weighted by Gasteiger charge is 2.46. The highest BCUT2D eigenvalue weighted by molar-refractivity contribution is 6.09. The molecule has 0 amide bonds. The molecule has 0 saturated heterocycles. The smallest absolute Gasteiger partial charge is 0.315 e. The number of esters is 1. The minimum atomic E-state index is -0.644. The van der Waals surface area contributed by atoms with E-state index in [0.29, 0.717) is 24.1 Å². The SMILES string of the molecule is CC1=NC2=C(C(=O)CC(C)(C)C2)[C@@H](c2cccc(O)c2)C1C(=O)OC1CCCCCC1. The molecule has 5 heteroatoms. The number of rotatable bonds is 3. The van der Waals surface area contributed by atoms with Crippen molar-refractivity contribution in [2.75, 3.05) is 0 Å². The number of carbonyl (C=O) groups is 2. The molecule has 1 aromatic rings. The fourth-order valence-corrected chi connectivity index (χ4v) is 5.43. The molecule has 0 spiro atoms. The minimum Gasteiger partial charge on any atom is -0.508 e. The number of allylic oxidation sites excluding steroid dienone is 2. The summed E-state index contributed by atoms with van der Waals surface area (Å²) in [5, 5.41) is 10.1. The summed E-state index contributed by atoms with van der Waals surface area (Å²) in [6.45, 7) is 6.02. The topological polar surface area (TPSA) is 76.0 Å². The molecule has 0 aromatic heterocycles. The molecule has 1 N–H and O–H groups in total. The predicted octanol–water partition coefficient (Wildman–Crippen LogP) is 5.48. The van der Waals surface area contributed by atoms with Gasteiger partial charge in [-0.3, -0.25) is 14.6 Å². The maximum absolute atomic E-state index is 13.5. The number of carbonyl (C=O) groups excluding carboxylic acids is 2. The van der Waals surface area contributed by atoms with Gasteiger partial charge in [-0.25, -0.2) is 0 Å². The second-order valence-corrected chi connectivity index (χ2v) is 10.2. The lowest BCUT2D eigenvalue weighted by molar-refractivity contribution is -0.152. The molecule has 0 radical (unpaired) electrons. The van der Waals surface area contributed by atoms with Crippen LogP contribution in [0.25, 0.3) is 0 Å². The fraction of sp³-hybridized carbons (Fsp3) is 0.577. The summed E-state index contributed by atoms with van der Waals surface area (Å²) in [5.41, 5.74) is 2.70. The molecule has 1 unspecified atom stereocenters. The van der Waals surface area contributed by atoms with Crippen LogP contribution in [0.3, 0.4) is 0 Å². The van der Waals surface area contributed by atoms with Gasteiger partial charge < -0.3 is 9.84 Å². The number of aromatic hydroxyl groups is 1. The summed E-state index contributed by atoms with van der Waals surface area (Å²) in [6, 6.07) is 6.91. The highest BCUT2D eigenvalue weighted by Crippen LogP contribution is 2.48. The second kappa shape index (κ2) is 8.60. The van der Waals surface area contributed by atoms with E-state index >= 15 is 0 Å². The standard InChI is InChI=1S/C26H33NO4/c1-16-22(25(30)31-19-11-6-4-5-7-12-19)23(17-9-8-10-18(28)13-17)24-20(27-16)14-26(2,3)15-21(24)29/h8-10,13,19,22-23,28H,4-7,11-12,14-15H2,1-3H3/t22?,23-/m0/s1. The first-order valence-electron chi connectivity index (χ1n) is 11.6. The van der Waals surface area contributed by atoms with E-state index in [-0.39, 0.29) is 29.0 Å². The van der Waals surface area contributed by atoms with Gasteiger partial charge in [-0.05, 0) is 62.1 Å². The van der Waals surface area contributed by atoms with Crippen molar-refractivity contribution in [3.8, 4) is 5.75 Å². The van der Waals surface area contributed by atoms with Gasteiger partial charge in [-0.1, -0.05) is 38.8 Å². The molecule has 166 valence electrons. The van der Waals surface area contributed by atoms with Crippen molar-refractivity contribution in [2.24, 2.45) is 16.3 Å². The zero-order chi connectivity index (χ0) is 22.2. The van der Waals surface area contributed by atoms with Gasteiger partial charge in [-0.15, -0.1) is 0 Å². The second-order valence-electron chi connectivity index (χ2n) is 10.2. The Kier molecular flexibility index (Phi) is 6.05. The number of Topliss-reactive ketones (excluding diaryl/α,β-unsaturated/α-hetero) is 1. The Labute approximate surface area is 184 Å². The molecule has 0 bridgehead atoms. The van der Waals surface area contributed by atoms with E-state index < -0.39 is 11.8 Å². The molecular weight excluding hydrogens is 390 g/mol. The van der Waals surface area contributed by atoms with Crippen LogP contribution in [0.15, 0.2) is 40.5 Å². The third-order valence-corrected chi connectivity index (χ3v) is 6.87. The molecule has 3 aliphatic rings. The number of phenols is 1. The van der Waals surface area contributed by atoms with Crippen LogP contribution in [0.5, 0.6) is 5.75 Å². The van der Waals surface area contributed by atoms with E-state index in [4.69, 9.17) is 9.73 Å². The molecular formula is C26H33NO4. The van der Waals surface area contributed by atoms with Gasteiger partial charge >= 0.3 is 5.97 Å². The highest BCUT2D eigenvalue weighted by atomic mass is 16.5. The van der Waals surface area contributed by atoms with Crippen LogP contribution in [0.2, 0.25) is 0 Å². The summed E-state index contributed by atoms with van der Waals surface area (Å²) in [5.74, 6) is -1.25. The number of phenolic OH excluding ortho intramolecular Hbond substituents is 1. The van der Waals surface area contributed by atoms with Gasteiger partial charge in [-0.2, -0.15) is 0 Å². The van der Waals surface area contributed by atoms with Crippen molar-refractivity contribution in [2.45, 2.75) is 84.2 Å². The summed E-state index contributed by atoms with van der Waals surface area (Å²) in [6.07, 6.45) is 7.38. The summed E-state index contributed by atoms with van der Waals surface area (Å²) >= 11 is 0. The van der Waals surface area contributed by atoms with Gasteiger partial charge in [0.2, 0.25) is 0 Å². The van der Waals surface area contributed by atoms with Crippen LogP contribution in [-0.4, -0.2) is 28.7 Å². The minimum absolute atomic E-state index is 0.0445. The van der Waals surface area contributed by atoms with E-state index in [9.17, 15) is 14.7 Å². The normalized spacial score (nSPS) is 26.7. The van der Waals surface area contributed by atoms with Crippen LogP contribution in [-0.2, 0) is 14.3 Å². The lowest BCUT2D eigenvalue weighted by atomic mass is 9.67. The van der Waals surface area contributed by atoms with E-state index in [2.05, 4.69) is 13.8 Å². The number of benzene rings is 1. The first-order chi connectivity index (χ1) is 14.7. The third kappa shape index (κ3) is 4.60. The summed E-state index contributed by atoms with van der Waals surface area (Å²) in [7, 11) is 0. The summed E-state index contributed by atoms with van der Waals surface area (Å²) < 4.78 is 6.00. The first-order valence-corrected chi connectivity index (χ1v) is 11.6.